The van der Waals surface area contributed by atoms with E-state index in [0.717, 1.165) is 4.47 Å². The van der Waals surface area contributed by atoms with Gasteiger partial charge in [-0.25, -0.2) is 0 Å². The molecule has 4 aromatic carbocycles. The summed E-state index contributed by atoms with van der Waals surface area (Å²) in [4.78, 5) is 0. The maximum atomic E-state index is 3.62. The Morgan fingerprint density at radius 3 is 2.32 bits per heavy atom. The van der Waals surface area contributed by atoms with Crippen LogP contribution in [0.25, 0.3) is 51.1 Å². The van der Waals surface area contributed by atoms with E-state index < -0.39 is 0 Å². The third-order valence-electron chi connectivity index (χ3n) is 4.93. The van der Waals surface area contributed by atoms with Crippen molar-refractivity contribution in [1.29, 1.82) is 0 Å². The minimum Gasteiger partial charge on any atom is -0.134 e. The van der Waals surface area contributed by atoms with Crippen molar-refractivity contribution >= 4 is 89.7 Å². The molecule has 6 rings (SSSR count). The van der Waals surface area contributed by atoms with Gasteiger partial charge in [-0.1, -0.05) is 58.4 Å². The van der Waals surface area contributed by atoms with E-state index in [-0.39, 0.29) is 0 Å². The standard InChI is InChI=1S/C22H11BrS2/c23-13-6-10-18-17(11-13)15-7-8-16-20-14-4-2-1-3-12(14)5-9-19(20)25-22(16)21(15)24-18/h1-11H. The Hall–Kier alpha value is -1.94. The van der Waals surface area contributed by atoms with Crippen molar-refractivity contribution in [1.82, 2.24) is 0 Å². The molecule has 0 spiro atoms. The van der Waals surface area contributed by atoms with Crippen LogP contribution in [-0.4, -0.2) is 0 Å². The predicted octanol–water partition coefficient (Wildman–Crippen LogP) is 8.34. The van der Waals surface area contributed by atoms with Gasteiger partial charge in [-0.05, 0) is 35.0 Å². The molecule has 0 fully saturated rings. The predicted molar refractivity (Wildman–Crippen MR) is 117 cm³/mol. The fraction of sp³-hybridized carbons (Fsp3) is 0. The molecule has 2 heterocycles. The van der Waals surface area contributed by atoms with E-state index in [9.17, 15) is 0 Å². The van der Waals surface area contributed by atoms with Crippen molar-refractivity contribution in [2.45, 2.75) is 0 Å². The first-order chi connectivity index (χ1) is 12.3. The second-order valence-corrected chi connectivity index (χ2v) is 9.34. The Morgan fingerprint density at radius 2 is 1.36 bits per heavy atom. The number of halogens is 1. The summed E-state index contributed by atoms with van der Waals surface area (Å²) in [6, 6.07) is 24.4. The lowest BCUT2D eigenvalue weighted by molar-refractivity contribution is 1.77. The first kappa shape index (κ1) is 14.3. The first-order valence-electron chi connectivity index (χ1n) is 8.14. The molecule has 6 aromatic rings. The van der Waals surface area contributed by atoms with Crippen molar-refractivity contribution in [3.05, 3.63) is 71.2 Å². The minimum atomic E-state index is 1.14. The summed E-state index contributed by atoms with van der Waals surface area (Å²) < 4.78 is 6.70. The van der Waals surface area contributed by atoms with Crippen LogP contribution in [0, 0.1) is 0 Å². The van der Waals surface area contributed by atoms with Crippen LogP contribution in [0.1, 0.15) is 0 Å². The van der Waals surface area contributed by atoms with E-state index >= 15 is 0 Å². The van der Waals surface area contributed by atoms with Crippen molar-refractivity contribution in [2.24, 2.45) is 0 Å². The molecular formula is C22H11BrS2. The quantitative estimate of drug-likeness (QED) is 0.232. The van der Waals surface area contributed by atoms with Gasteiger partial charge in [-0.3, -0.25) is 0 Å². The Labute approximate surface area is 160 Å². The smallest absolute Gasteiger partial charge is 0.0534 e. The molecule has 0 aliphatic carbocycles. The summed E-state index contributed by atoms with van der Waals surface area (Å²) in [5, 5.41) is 8.17. The molecular weight excluding hydrogens is 408 g/mol. The molecule has 0 amide bonds. The third-order valence-corrected chi connectivity index (χ3v) is 7.94. The topological polar surface area (TPSA) is 0 Å². The summed E-state index contributed by atoms with van der Waals surface area (Å²) in [6.07, 6.45) is 0. The largest absolute Gasteiger partial charge is 0.134 e. The summed E-state index contributed by atoms with van der Waals surface area (Å²) in [7, 11) is 0. The van der Waals surface area contributed by atoms with Crippen molar-refractivity contribution in [2.75, 3.05) is 0 Å². The Balaban J connectivity index is 1.87. The maximum absolute atomic E-state index is 3.62. The van der Waals surface area contributed by atoms with E-state index in [1.807, 2.05) is 22.7 Å². The third kappa shape index (κ3) is 1.92. The number of thiophene rings is 2. The fourth-order valence-electron chi connectivity index (χ4n) is 3.81. The van der Waals surface area contributed by atoms with Crippen molar-refractivity contribution in [3.63, 3.8) is 0 Å². The number of hydrogen-bond donors (Lipinski definition) is 0. The van der Waals surface area contributed by atoms with Gasteiger partial charge in [-0.15, -0.1) is 22.7 Å². The average Bonchev–Trinajstić information content (AvgIpc) is 3.19. The molecule has 0 unspecified atom stereocenters. The molecule has 0 bridgehead atoms. The highest BCUT2D eigenvalue weighted by molar-refractivity contribution is 9.10. The SMILES string of the molecule is Brc1ccc2sc3c(ccc4c3sc3ccc5ccccc5c34)c2c1. The van der Waals surface area contributed by atoms with Crippen LogP contribution >= 0.6 is 38.6 Å². The Bertz CT molecular complexity index is 1450. The molecule has 0 aliphatic heterocycles. The zero-order valence-electron chi connectivity index (χ0n) is 13.0. The number of fused-ring (bicyclic) bond motifs is 9. The monoisotopic (exact) mass is 418 g/mol. The molecule has 0 saturated heterocycles. The van der Waals surface area contributed by atoms with Crippen LogP contribution in [-0.2, 0) is 0 Å². The number of benzene rings is 4. The van der Waals surface area contributed by atoms with E-state index in [1.165, 1.54) is 51.1 Å². The molecule has 0 radical (unpaired) electrons. The lowest BCUT2D eigenvalue weighted by Gasteiger charge is -2.00. The molecule has 3 heteroatoms. The molecule has 0 nitrogen and oxygen atoms in total. The van der Waals surface area contributed by atoms with Gasteiger partial charge in [0.25, 0.3) is 0 Å². The van der Waals surface area contributed by atoms with Crippen LogP contribution in [0.2, 0.25) is 0 Å². The highest BCUT2D eigenvalue weighted by Crippen LogP contribution is 2.46. The summed E-state index contributed by atoms with van der Waals surface area (Å²) >= 11 is 7.45. The van der Waals surface area contributed by atoms with E-state index in [1.54, 1.807) is 0 Å². The summed E-state index contributed by atoms with van der Waals surface area (Å²) in [5.74, 6) is 0. The minimum absolute atomic E-state index is 1.14. The van der Waals surface area contributed by atoms with E-state index in [2.05, 4.69) is 82.7 Å². The van der Waals surface area contributed by atoms with Gasteiger partial charge >= 0.3 is 0 Å². The number of rotatable bonds is 0. The molecule has 2 aromatic heterocycles. The van der Waals surface area contributed by atoms with Gasteiger partial charge in [0.05, 0.1) is 9.40 Å². The van der Waals surface area contributed by atoms with Gasteiger partial charge in [0.2, 0.25) is 0 Å². The van der Waals surface area contributed by atoms with Crippen LogP contribution in [0.5, 0.6) is 0 Å². The lowest BCUT2D eigenvalue weighted by atomic mass is 10.0. The normalized spacial score (nSPS) is 12.2. The second kappa shape index (κ2) is 5.04. The van der Waals surface area contributed by atoms with Gasteiger partial charge in [-0.2, -0.15) is 0 Å². The number of hydrogen-bond acceptors (Lipinski definition) is 2. The highest BCUT2D eigenvalue weighted by Gasteiger charge is 2.14. The Kier molecular flexibility index (Phi) is 2.87. The maximum Gasteiger partial charge on any atom is 0.0534 e. The second-order valence-electron chi connectivity index (χ2n) is 6.32. The van der Waals surface area contributed by atoms with Crippen LogP contribution in [0.3, 0.4) is 0 Å². The zero-order valence-corrected chi connectivity index (χ0v) is 16.3. The van der Waals surface area contributed by atoms with Crippen molar-refractivity contribution < 1.29 is 0 Å². The van der Waals surface area contributed by atoms with Gasteiger partial charge in [0.1, 0.15) is 0 Å². The lowest BCUT2D eigenvalue weighted by Crippen LogP contribution is -1.73. The summed E-state index contributed by atoms with van der Waals surface area (Å²) in [5.41, 5.74) is 0. The molecule has 25 heavy (non-hydrogen) atoms. The van der Waals surface area contributed by atoms with Crippen LogP contribution in [0.4, 0.5) is 0 Å². The Morgan fingerprint density at radius 1 is 0.600 bits per heavy atom. The van der Waals surface area contributed by atoms with Crippen LogP contribution in [0.15, 0.2) is 71.2 Å². The highest BCUT2D eigenvalue weighted by atomic mass is 79.9. The van der Waals surface area contributed by atoms with E-state index in [0.29, 0.717) is 0 Å². The summed E-state index contributed by atoms with van der Waals surface area (Å²) in [6.45, 7) is 0. The molecule has 0 N–H and O–H groups in total. The van der Waals surface area contributed by atoms with Gasteiger partial charge in [0, 0.05) is 35.4 Å². The van der Waals surface area contributed by atoms with Crippen molar-refractivity contribution in [3.8, 4) is 0 Å². The van der Waals surface area contributed by atoms with Crippen LogP contribution < -0.4 is 0 Å². The van der Waals surface area contributed by atoms with Gasteiger partial charge in [0.15, 0.2) is 0 Å². The van der Waals surface area contributed by atoms with E-state index in [4.69, 9.17) is 0 Å². The molecule has 0 atom stereocenters. The molecule has 0 saturated carbocycles. The van der Waals surface area contributed by atoms with Gasteiger partial charge < -0.3 is 0 Å². The fourth-order valence-corrected chi connectivity index (χ4v) is 6.71. The first-order valence-corrected chi connectivity index (χ1v) is 10.6. The molecule has 0 aliphatic rings. The average molecular weight is 419 g/mol. The zero-order chi connectivity index (χ0) is 16.5. The molecule has 118 valence electrons.